The SMILES string of the molecule is O=C(COC(=O)c1cn(Cc2ccccc2)nc1-c1cccs1)NCc1ccccc1. The molecule has 0 radical (unpaired) electrons. The molecule has 2 aromatic carbocycles. The van der Waals surface area contributed by atoms with Gasteiger partial charge >= 0.3 is 5.97 Å². The van der Waals surface area contributed by atoms with Crippen LogP contribution in [-0.4, -0.2) is 28.3 Å². The van der Waals surface area contributed by atoms with Crippen molar-refractivity contribution < 1.29 is 14.3 Å². The zero-order valence-electron chi connectivity index (χ0n) is 16.7. The molecule has 7 heteroatoms. The van der Waals surface area contributed by atoms with Gasteiger partial charge in [-0.1, -0.05) is 66.7 Å². The number of esters is 1. The van der Waals surface area contributed by atoms with Gasteiger partial charge in [0.2, 0.25) is 0 Å². The predicted octanol–water partition coefficient (Wildman–Crippen LogP) is 4.13. The molecule has 0 saturated heterocycles. The van der Waals surface area contributed by atoms with Gasteiger partial charge in [-0.05, 0) is 22.6 Å². The molecule has 0 aliphatic heterocycles. The number of hydrogen-bond donors (Lipinski definition) is 1. The summed E-state index contributed by atoms with van der Waals surface area (Å²) in [6.45, 7) is 0.566. The lowest BCUT2D eigenvalue weighted by Gasteiger charge is -2.06. The molecule has 31 heavy (non-hydrogen) atoms. The molecule has 2 heterocycles. The summed E-state index contributed by atoms with van der Waals surface area (Å²) in [7, 11) is 0. The number of ether oxygens (including phenoxy) is 1. The maximum Gasteiger partial charge on any atom is 0.342 e. The number of carbonyl (C=O) groups excluding carboxylic acids is 2. The van der Waals surface area contributed by atoms with Crippen molar-refractivity contribution in [2.45, 2.75) is 13.1 Å². The first-order valence-electron chi connectivity index (χ1n) is 9.82. The number of nitrogens with zero attached hydrogens (tertiary/aromatic N) is 2. The summed E-state index contributed by atoms with van der Waals surface area (Å²) in [4.78, 5) is 25.7. The Morgan fingerprint density at radius 2 is 1.65 bits per heavy atom. The Balaban J connectivity index is 1.43. The average Bonchev–Trinajstić information content (AvgIpc) is 3.47. The van der Waals surface area contributed by atoms with Crippen LogP contribution in [0, 0.1) is 0 Å². The van der Waals surface area contributed by atoms with Gasteiger partial charge in [-0.2, -0.15) is 5.10 Å². The molecule has 4 aromatic rings. The average molecular weight is 432 g/mol. The molecule has 4 rings (SSSR count). The van der Waals surface area contributed by atoms with Crippen LogP contribution in [0.25, 0.3) is 10.6 Å². The molecule has 0 saturated carbocycles. The molecule has 0 bridgehead atoms. The first kappa shape index (κ1) is 20.6. The quantitative estimate of drug-likeness (QED) is 0.426. The van der Waals surface area contributed by atoms with E-state index in [1.165, 1.54) is 11.3 Å². The number of nitrogens with one attached hydrogen (secondary N) is 1. The van der Waals surface area contributed by atoms with Crippen LogP contribution in [-0.2, 0) is 22.6 Å². The Hall–Kier alpha value is -3.71. The van der Waals surface area contributed by atoms with Crippen molar-refractivity contribution in [3.63, 3.8) is 0 Å². The number of carbonyl (C=O) groups is 2. The van der Waals surface area contributed by atoms with Crippen LogP contribution in [0.2, 0.25) is 0 Å². The van der Waals surface area contributed by atoms with Gasteiger partial charge in [0, 0.05) is 12.7 Å². The lowest BCUT2D eigenvalue weighted by molar-refractivity contribution is -0.124. The minimum Gasteiger partial charge on any atom is -0.452 e. The van der Waals surface area contributed by atoms with Gasteiger partial charge in [-0.15, -0.1) is 11.3 Å². The molecule has 0 aliphatic rings. The topological polar surface area (TPSA) is 73.2 Å². The Kier molecular flexibility index (Phi) is 6.54. The van der Waals surface area contributed by atoms with Gasteiger partial charge in [-0.3, -0.25) is 9.48 Å². The first-order chi connectivity index (χ1) is 15.2. The summed E-state index contributed by atoms with van der Waals surface area (Å²) in [5, 5.41) is 9.28. The summed E-state index contributed by atoms with van der Waals surface area (Å²) in [6.07, 6.45) is 1.67. The molecule has 0 spiro atoms. The van der Waals surface area contributed by atoms with E-state index in [0.29, 0.717) is 24.3 Å². The number of benzene rings is 2. The van der Waals surface area contributed by atoms with E-state index < -0.39 is 5.97 Å². The van der Waals surface area contributed by atoms with E-state index >= 15 is 0 Å². The van der Waals surface area contributed by atoms with Crippen molar-refractivity contribution in [3.8, 4) is 10.6 Å². The Morgan fingerprint density at radius 1 is 0.935 bits per heavy atom. The van der Waals surface area contributed by atoms with Crippen molar-refractivity contribution in [3.05, 3.63) is 101 Å². The zero-order valence-corrected chi connectivity index (χ0v) is 17.5. The second-order valence-corrected chi connectivity index (χ2v) is 7.84. The lowest BCUT2D eigenvalue weighted by Crippen LogP contribution is -2.28. The zero-order chi connectivity index (χ0) is 21.5. The molecule has 0 unspecified atom stereocenters. The third kappa shape index (κ3) is 5.46. The van der Waals surface area contributed by atoms with Crippen LogP contribution in [0.3, 0.4) is 0 Å². The highest BCUT2D eigenvalue weighted by molar-refractivity contribution is 7.13. The maximum atomic E-state index is 12.8. The van der Waals surface area contributed by atoms with E-state index in [1.54, 1.807) is 10.9 Å². The predicted molar refractivity (Wildman–Crippen MR) is 120 cm³/mol. The van der Waals surface area contributed by atoms with Crippen LogP contribution in [0.4, 0.5) is 0 Å². The van der Waals surface area contributed by atoms with Crippen LogP contribution in [0.1, 0.15) is 21.5 Å². The number of aromatic nitrogens is 2. The van der Waals surface area contributed by atoms with Crippen molar-refractivity contribution in [1.29, 1.82) is 0 Å². The second kappa shape index (κ2) is 9.86. The molecular weight excluding hydrogens is 410 g/mol. The largest absolute Gasteiger partial charge is 0.452 e. The van der Waals surface area contributed by atoms with E-state index in [-0.39, 0.29) is 12.5 Å². The van der Waals surface area contributed by atoms with Crippen LogP contribution >= 0.6 is 11.3 Å². The van der Waals surface area contributed by atoms with Crippen LogP contribution in [0.15, 0.2) is 84.4 Å². The summed E-state index contributed by atoms with van der Waals surface area (Å²) in [5.41, 5.74) is 2.95. The molecule has 0 aliphatic carbocycles. The van der Waals surface area contributed by atoms with Gasteiger partial charge in [0.25, 0.3) is 5.91 Å². The number of rotatable bonds is 8. The smallest absolute Gasteiger partial charge is 0.342 e. The second-order valence-electron chi connectivity index (χ2n) is 6.89. The van der Waals surface area contributed by atoms with Crippen molar-refractivity contribution in [1.82, 2.24) is 15.1 Å². The Bertz CT molecular complexity index is 1140. The molecular formula is C24H21N3O3S. The van der Waals surface area contributed by atoms with Gasteiger partial charge in [-0.25, -0.2) is 4.79 Å². The number of amides is 1. The van der Waals surface area contributed by atoms with Crippen LogP contribution in [0.5, 0.6) is 0 Å². The molecule has 0 atom stereocenters. The minimum atomic E-state index is -0.572. The standard InChI is InChI=1S/C24H21N3O3S/c28-22(25-14-18-8-3-1-4-9-18)17-30-24(29)20-16-27(15-19-10-5-2-6-11-19)26-23(20)21-12-7-13-31-21/h1-13,16H,14-15,17H2,(H,25,28). The van der Waals surface area contributed by atoms with E-state index in [1.807, 2.05) is 78.2 Å². The van der Waals surface area contributed by atoms with Gasteiger partial charge in [0.1, 0.15) is 11.3 Å². The molecule has 0 fully saturated rings. The van der Waals surface area contributed by atoms with Crippen LogP contribution < -0.4 is 5.32 Å². The van der Waals surface area contributed by atoms with E-state index in [2.05, 4.69) is 10.4 Å². The van der Waals surface area contributed by atoms with Gasteiger partial charge in [0.05, 0.1) is 11.4 Å². The fourth-order valence-electron chi connectivity index (χ4n) is 3.07. The van der Waals surface area contributed by atoms with Crippen molar-refractivity contribution in [2.75, 3.05) is 6.61 Å². The fraction of sp³-hybridized carbons (Fsp3) is 0.125. The third-order valence-corrected chi connectivity index (χ3v) is 5.47. The van der Waals surface area contributed by atoms with E-state index in [0.717, 1.165) is 16.0 Å². The van der Waals surface area contributed by atoms with Gasteiger partial charge < -0.3 is 10.1 Å². The monoisotopic (exact) mass is 431 g/mol. The summed E-state index contributed by atoms with van der Waals surface area (Å²) in [6, 6.07) is 23.2. The normalized spacial score (nSPS) is 10.6. The lowest BCUT2D eigenvalue weighted by atomic mass is 10.2. The molecule has 2 aromatic heterocycles. The first-order valence-corrected chi connectivity index (χ1v) is 10.7. The maximum absolute atomic E-state index is 12.8. The summed E-state index contributed by atoms with van der Waals surface area (Å²) in [5.74, 6) is -0.927. The molecule has 1 amide bonds. The van der Waals surface area contributed by atoms with E-state index in [9.17, 15) is 9.59 Å². The molecule has 1 N–H and O–H groups in total. The fourth-order valence-corrected chi connectivity index (χ4v) is 3.80. The highest BCUT2D eigenvalue weighted by Gasteiger charge is 2.21. The molecule has 156 valence electrons. The highest BCUT2D eigenvalue weighted by atomic mass is 32.1. The summed E-state index contributed by atoms with van der Waals surface area (Å²) >= 11 is 1.49. The van der Waals surface area contributed by atoms with Gasteiger partial charge in [0.15, 0.2) is 6.61 Å². The van der Waals surface area contributed by atoms with Crippen molar-refractivity contribution >= 4 is 23.2 Å². The molecule has 6 nitrogen and oxygen atoms in total. The summed E-state index contributed by atoms with van der Waals surface area (Å²) < 4.78 is 7.00. The van der Waals surface area contributed by atoms with E-state index in [4.69, 9.17) is 4.74 Å². The van der Waals surface area contributed by atoms with Crippen molar-refractivity contribution in [2.24, 2.45) is 0 Å². The number of hydrogen-bond acceptors (Lipinski definition) is 5. The third-order valence-electron chi connectivity index (χ3n) is 4.59. The highest BCUT2D eigenvalue weighted by Crippen LogP contribution is 2.27. The Morgan fingerprint density at radius 3 is 2.32 bits per heavy atom. The minimum absolute atomic E-state index is 0.342. The Labute approximate surface area is 184 Å². The number of thiophene rings is 1.